The molecule has 1 rings (SSSR count). The molecule has 3 heteroatoms. The van der Waals surface area contributed by atoms with Gasteiger partial charge in [-0.3, -0.25) is 0 Å². The molecule has 0 unspecified atom stereocenters. The van der Waals surface area contributed by atoms with E-state index in [1.807, 2.05) is 0 Å². The van der Waals surface area contributed by atoms with Gasteiger partial charge >= 0.3 is 5.97 Å². The number of carboxylic acid groups (broad SMARTS) is 1. The minimum atomic E-state index is -0.879. The third-order valence-corrected chi connectivity index (χ3v) is 1.99. The van der Waals surface area contributed by atoms with E-state index in [9.17, 15) is 4.79 Å². The van der Waals surface area contributed by atoms with Crippen LogP contribution < -0.4 is 0 Å². The summed E-state index contributed by atoms with van der Waals surface area (Å²) in [6.07, 6.45) is 2.67. The maximum atomic E-state index is 10.2. The molecule has 0 spiro atoms. The molecular weight excluding hydrogens is 191 g/mol. The second-order valence-electron chi connectivity index (χ2n) is 2.81. The zero-order chi connectivity index (χ0) is 10.8. The average molecular weight is 206 g/mol. The van der Waals surface area contributed by atoms with Crippen LogP contribution in [-0.2, 0) is 0 Å². The molecule has 2 radical (unpaired) electrons. The van der Waals surface area contributed by atoms with E-state index in [0.29, 0.717) is 5.56 Å². The average Bonchev–Trinajstić information content (AvgIpc) is 2.21. The van der Waals surface area contributed by atoms with Crippen LogP contribution in [-0.4, -0.2) is 27.4 Å². The Bertz CT molecular complexity index is 245. The molecule has 0 aliphatic carbocycles. The molecule has 0 saturated carbocycles. The minimum Gasteiger partial charge on any atom is -0.478 e. The van der Waals surface area contributed by atoms with E-state index in [1.54, 1.807) is 30.3 Å². The molecule has 0 bridgehead atoms. The summed E-state index contributed by atoms with van der Waals surface area (Å²) in [5.74, 6) is -0.879. The zero-order valence-electron chi connectivity index (χ0n) is 8.44. The predicted molar refractivity (Wildman–Crippen MR) is 58.9 cm³/mol. The minimum absolute atomic E-state index is 0.331. The molecule has 0 heterocycles. The van der Waals surface area contributed by atoms with Gasteiger partial charge < -0.3 is 5.11 Å². The molecule has 0 aliphatic heterocycles. The first kappa shape index (κ1) is 13.2. The highest BCUT2D eigenvalue weighted by atomic mass is 27.0. The molecule has 0 aliphatic rings. The van der Waals surface area contributed by atoms with E-state index in [-0.39, 0.29) is 0 Å². The lowest BCUT2D eigenvalue weighted by atomic mass is 10.2. The Kier molecular flexibility index (Phi) is 8.32. The van der Waals surface area contributed by atoms with Gasteiger partial charge in [0.1, 0.15) is 16.3 Å². The van der Waals surface area contributed by atoms with Gasteiger partial charge in [-0.25, -0.2) is 4.79 Å². The molecular formula is C11H15AlO2. The monoisotopic (exact) mass is 206 g/mol. The maximum absolute atomic E-state index is 10.2. The Morgan fingerprint density at radius 2 is 1.93 bits per heavy atom. The lowest BCUT2D eigenvalue weighted by Crippen LogP contribution is -1.93. The first-order valence-electron chi connectivity index (χ1n) is 4.70. The van der Waals surface area contributed by atoms with Crippen LogP contribution >= 0.6 is 0 Å². The molecule has 0 amide bonds. The van der Waals surface area contributed by atoms with Gasteiger partial charge in [-0.15, -0.1) is 5.28 Å². The Morgan fingerprint density at radius 3 is 2.14 bits per heavy atom. The van der Waals surface area contributed by atoms with E-state index in [0.717, 1.165) is 0 Å². The van der Waals surface area contributed by atoms with Crippen molar-refractivity contribution < 1.29 is 9.90 Å². The molecule has 0 fully saturated rings. The summed E-state index contributed by atoms with van der Waals surface area (Å²) in [6.45, 7) is 2.20. The summed E-state index contributed by atoms with van der Waals surface area (Å²) in [5, 5.41) is 9.65. The first-order valence-corrected chi connectivity index (χ1v) is 5.52. The number of hydrogen-bond acceptors (Lipinski definition) is 1. The highest BCUT2D eigenvalue weighted by Crippen LogP contribution is 1.96. The number of benzene rings is 1. The second kappa shape index (κ2) is 8.80. The first-order chi connectivity index (χ1) is 6.72. The number of carboxylic acids is 1. The van der Waals surface area contributed by atoms with Gasteiger partial charge in [0.25, 0.3) is 0 Å². The predicted octanol–water partition coefficient (Wildman–Crippen LogP) is 2.76. The van der Waals surface area contributed by atoms with Crippen molar-refractivity contribution in [2.75, 3.05) is 0 Å². The third-order valence-electron chi connectivity index (χ3n) is 1.58. The van der Waals surface area contributed by atoms with Crippen LogP contribution in [0, 0.1) is 0 Å². The third kappa shape index (κ3) is 6.71. The highest BCUT2D eigenvalue weighted by Gasteiger charge is 1.96. The van der Waals surface area contributed by atoms with Gasteiger partial charge in [0, 0.05) is 0 Å². The maximum Gasteiger partial charge on any atom is 0.335 e. The van der Waals surface area contributed by atoms with Gasteiger partial charge in [-0.1, -0.05) is 38.0 Å². The summed E-state index contributed by atoms with van der Waals surface area (Å²) in [6, 6.07) is 8.30. The molecule has 1 aromatic carbocycles. The van der Waals surface area contributed by atoms with Crippen LogP contribution in [0.15, 0.2) is 30.3 Å². The van der Waals surface area contributed by atoms with Gasteiger partial charge in [-0.2, -0.15) is 0 Å². The van der Waals surface area contributed by atoms with Crippen molar-refractivity contribution in [2.45, 2.75) is 25.0 Å². The number of aromatic carboxylic acids is 1. The van der Waals surface area contributed by atoms with Gasteiger partial charge in [0.05, 0.1) is 5.56 Å². The van der Waals surface area contributed by atoms with Crippen LogP contribution in [0.1, 0.15) is 30.1 Å². The van der Waals surface area contributed by atoms with Crippen LogP contribution in [0.5, 0.6) is 0 Å². The van der Waals surface area contributed by atoms with E-state index in [1.165, 1.54) is 18.1 Å². The Morgan fingerprint density at radius 1 is 1.36 bits per heavy atom. The fourth-order valence-corrected chi connectivity index (χ4v) is 1.19. The standard InChI is InChI=1S/C7H6O2.C4H9.Al/c8-7(9)6-4-2-1-3-5-6;1-3-4-2;/h1-5H,(H,8,9);1,3-4H2,2H3;. The Labute approximate surface area is 93.4 Å². The van der Waals surface area contributed by atoms with Gasteiger partial charge in [0.2, 0.25) is 0 Å². The topological polar surface area (TPSA) is 37.3 Å². The van der Waals surface area contributed by atoms with E-state index >= 15 is 0 Å². The van der Waals surface area contributed by atoms with E-state index < -0.39 is 5.97 Å². The van der Waals surface area contributed by atoms with Crippen LogP contribution in [0.4, 0.5) is 0 Å². The van der Waals surface area contributed by atoms with Gasteiger partial charge in [0.15, 0.2) is 0 Å². The fourth-order valence-electron chi connectivity index (χ4n) is 0.785. The summed E-state index contributed by atoms with van der Waals surface area (Å²) in [4.78, 5) is 10.2. The molecule has 0 saturated heterocycles. The normalized spacial score (nSPS) is 8.64. The lowest BCUT2D eigenvalue weighted by Gasteiger charge is -1.88. The van der Waals surface area contributed by atoms with Crippen LogP contribution in [0.2, 0.25) is 5.28 Å². The number of rotatable bonds is 3. The summed E-state index contributed by atoms with van der Waals surface area (Å²) >= 11 is 2.70. The summed E-state index contributed by atoms with van der Waals surface area (Å²) in [5.41, 5.74) is 0.331. The largest absolute Gasteiger partial charge is 0.478 e. The number of unbranched alkanes of at least 4 members (excludes halogenated alkanes) is 1. The molecule has 74 valence electrons. The van der Waals surface area contributed by atoms with Crippen molar-refractivity contribution in [2.24, 2.45) is 0 Å². The van der Waals surface area contributed by atoms with Gasteiger partial charge in [-0.05, 0) is 12.1 Å². The van der Waals surface area contributed by atoms with E-state index in [4.69, 9.17) is 5.11 Å². The molecule has 1 aromatic rings. The Balaban J connectivity index is 0.000000292. The fraction of sp³-hybridized carbons (Fsp3) is 0.364. The van der Waals surface area contributed by atoms with Crippen molar-refractivity contribution in [1.82, 2.24) is 0 Å². The quantitative estimate of drug-likeness (QED) is 0.772. The molecule has 0 atom stereocenters. The zero-order valence-corrected chi connectivity index (χ0v) is 9.60. The van der Waals surface area contributed by atoms with Crippen molar-refractivity contribution in [1.29, 1.82) is 0 Å². The lowest BCUT2D eigenvalue weighted by molar-refractivity contribution is 0.0697. The van der Waals surface area contributed by atoms with Crippen LogP contribution in [0.3, 0.4) is 0 Å². The van der Waals surface area contributed by atoms with Crippen LogP contribution in [0.25, 0.3) is 0 Å². The summed E-state index contributed by atoms with van der Waals surface area (Å²) in [7, 11) is 0. The molecule has 0 aromatic heterocycles. The molecule has 2 nitrogen and oxygen atoms in total. The number of hydrogen-bond donors (Lipinski definition) is 1. The van der Waals surface area contributed by atoms with Crippen molar-refractivity contribution in [3.8, 4) is 0 Å². The van der Waals surface area contributed by atoms with Crippen molar-refractivity contribution >= 4 is 22.3 Å². The Hall–Kier alpha value is -0.778. The molecule has 14 heavy (non-hydrogen) atoms. The van der Waals surface area contributed by atoms with Crippen molar-refractivity contribution in [3.05, 3.63) is 35.9 Å². The SMILES string of the molecule is CCC[CH2][Al].O=C(O)c1ccccc1. The van der Waals surface area contributed by atoms with Crippen molar-refractivity contribution in [3.63, 3.8) is 0 Å². The highest BCUT2D eigenvalue weighted by molar-refractivity contribution is 6.08. The number of carbonyl (C=O) groups is 1. The smallest absolute Gasteiger partial charge is 0.335 e. The second-order valence-corrected chi connectivity index (χ2v) is 3.39. The summed E-state index contributed by atoms with van der Waals surface area (Å²) < 4.78 is 0. The van der Waals surface area contributed by atoms with E-state index in [2.05, 4.69) is 23.2 Å². The molecule has 1 N–H and O–H groups in total.